The van der Waals surface area contributed by atoms with E-state index in [1.807, 2.05) is 12.1 Å². The van der Waals surface area contributed by atoms with E-state index in [4.69, 9.17) is 4.74 Å². The van der Waals surface area contributed by atoms with Crippen LogP contribution >= 0.6 is 11.8 Å². The lowest BCUT2D eigenvalue weighted by Crippen LogP contribution is -2.31. The molecule has 0 radical (unpaired) electrons. The minimum Gasteiger partial charge on any atom is -0.376 e. The van der Waals surface area contributed by atoms with Crippen LogP contribution in [-0.2, 0) is 15.3 Å². The van der Waals surface area contributed by atoms with Crippen molar-refractivity contribution in [1.82, 2.24) is 5.32 Å². The van der Waals surface area contributed by atoms with Crippen molar-refractivity contribution < 1.29 is 18.7 Å². The SMILES string of the molecule is O=C(CSCc1ccc(C(=O)NCC2CCCO2)cc1)Nc1ccc(F)cc1. The summed E-state index contributed by atoms with van der Waals surface area (Å²) in [6.07, 6.45) is 2.17. The molecule has 2 N–H and O–H groups in total. The van der Waals surface area contributed by atoms with Crippen LogP contribution in [0.4, 0.5) is 10.1 Å². The minimum absolute atomic E-state index is 0.103. The first-order chi connectivity index (χ1) is 13.6. The number of thioether (sulfide) groups is 1. The Hall–Kier alpha value is -2.38. The predicted octanol–water partition coefficient (Wildman–Crippen LogP) is 3.61. The summed E-state index contributed by atoms with van der Waals surface area (Å²) >= 11 is 1.47. The van der Waals surface area contributed by atoms with E-state index in [0.29, 0.717) is 29.3 Å². The standard InChI is InChI=1S/C21H23FN2O3S/c22-17-7-9-18(10-8-17)24-20(25)14-28-13-15-3-5-16(6-4-15)21(26)23-12-19-2-1-11-27-19/h3-10,19H,1-2,11-14H2,(H,23,26)(H,24,25). The van der Waals surface area contributed by atoms with Gasteiger partial charge in [0.1, 0.15) is 5.82 Å². The maximum Gasteiger partial charge on any atom is 0.251 e. The summed E-state index contributed by atoms with van der Waals surface area (Å²) < 4.78 is 18.4. The highest BCUT2D eigenvalue weighted by molar-refractivity contribution is 7.99. The van der Waals surface area contributed by atoms with Gasteiger partial charge in [0.2, 0.25) is 5.91 Å². The molecule has 1 aliphatic rings. The Morgan fingerprint density at radius 2 is 1.86 bits per heavy atom. The molecule has 0 aliphatic carbocycles. The van der Waals surface area contributed by atoms with Crippen LogP contribution in [0.5, 0.6) is 0 Å². The second-order valence-corrected chi connectivity index (χ2v) is 7.58. The fourth-order valence-corrected chi connectivity index (χ4v) is 3.65. The third-order valence-electron chi connectivity index (χ3n) is 4.36. The molecular formula is C21H23FN2O3S. The van der Waals surface area contributed by atoms with Gasteiger partial charge < -0.3 is 15.4 Å². The Labute approximate surface area is 168 Å². The highest BCUT2D eigenvalue weighted by Gasteiger charge is 2.16. The summed E-state index contributed by atoms with van der Waals surface area (Å²) in [4.78, 5) is 24.1. The fraction of sp³-hybridized carbons (Fsp3) is 0.333. The quantitative estimate of drug-likeness (QED) is 0.708. The van der Waals surface area contributed by atoms with Gasteiger partial charge in [0.25, 0.3) is 5.91 Å². The van der Waals surface area contributed by atoms with Crippen LogP contribution in [0, 0.1) is 5.82 Å². The van der Waals surface area contributed by atoms with E-state index in [1.54, 1.807) is 12.1 Å². The lowest BCUT2D eigenvalue weighted by Gasteiger charge is -2.11. The molecule has 1 fully saturated rings. The van der Waals surface area contributed by atoms with Crippen molar-refractivity contribution >= 4 is 29.3 Å². The first-order valence-electron chi connectivity index (χ1n) is 9.22. The highest BCUT2D eigenvalue weighted by atomic mass is 32.2. The second kappa shape index (κ2) is 10.2. The van der Waals surface area contributed by atoms with E-state index < -0.39 is 0 Å². The van der Waals surface area contributed by atoms with Gasteiger partial charge in [0.05, 0.1) is 11.9 Å². The summed E-state index contributed by atoms with van der Waals surface area (Å²) in [5, 5.41) is 5.63. The van der Waals surface area contributed by atoms with E-state index in [-0.39, 0.29) is 23.7 Å². The summed E-state index contributed by atoms with van der Waals surface area (Å²) in [5.41, 5.74) is 2.22. The molecule has 1 aliphatic heterocycles. The molecule has 1 atom stereocenters. The van der Waals surface area contributed by atoms with Crippen molar-refractivity contribution in [2.24, 2.45) is 0 Å². The normalized spacial score (nSPS) is 16.0. The number of nitrogens with one attached hydrogen (secondary N) is 2. The zero-order valence-electron chi connectivity index (χ0n) is 15.4. The van der Waals surface area contributed by atoms with E-state index in [2.05, 4.69) is 10.6 Å². The molecule has 2 aromatic carbocycles. The molecule has 2 amide bonds. The van der Waals surface area contributed by atoms with Crippen LogP contribution in [0.1, 0.15) is 28.8 Å². The molecule has 1 unspecified atom stereocenters. The Morgan fingerprint density at radius 3 is 2.54 bits per heavy atom. The molecule has 1 heterocycles. The number of hydrogen-bond donors (Lipinski definition) is 2. The number of amides is 2. The van der Waals surface area contributed by atoms with E-state index in [9.17, 15) is 14.0 Å². The number of carbonyl (C=O) groups is 2. The molecule has 28 heavy (non-hydrogen) atoms. The molecule has 0 spiro atoms. The lowest BCUT2D eigenvalue weighted by atomic mass is 10.1. The largest absolute Gasteiger partial charge is 0.376 e. The van der Waals surface area contributed by atoms with Crippen LogP contribution in [0.25, 0.3) is 0 Å². The molecule has 5 nitrogen and oxygen atoms in total. The number of carbonyl (C=O) groups excluding carboxylic acids is 2. The zero-order valence-corrected chi connectivity index (χ0v) is 16.3. The van der Waals surface area contributed by atoms with Gasteiger partial charge in [-0.15, -0.1) is 11.8 Å². The average Bonchev–Trinajstić information content (AvgIpc) is 3.22. The maximum absolute atomic E-state index is 12.9. The van der Waals surface area contributed by atoms with Gasteiger partial charge >= 0.3 is 0 Å². The monoisotopic (exact) mass is 402 g/mol. The van der Waals surface area contributed by atoms with Gasteiger partial charge in [-0.1, -0.05) is 12.1 Å². The third-order valence-corrected chi connectivity index (χ3v) is 5.36. The zero-order chi connectivity index (χ0) is 19.8. The van der Waals surface area contributed by atoms with Gasteiger partial charge in [-0.3, -0.25) is 9.59 Å². The van der Waals surface area contributed by atoms with Gasteiger partial charge in [-0.25, -0.2) is 4.39 Å². The molecule has 1 saturated heterocycles. The fourth-order valence-electron chi connectivity index (χ4n) is 2.86. The molecule has 3 rings (SSSR count). The minimum atomic E-state index is -0.337. The molecule has 0 saturated carbocycles. The van der Waals surface area contributed by atoms with E-state index in [0.717, 1.165) is 25.0 Å². The molecule has 0 bridgehead atoms. The van der Waals surface area contributed by atoms with Gasteiger partial charge in [-0.2, -0.15) is 0 Å². The Bertz CT molecular complexity index is 790. The van der Waals surface area contributed by atoms with Crippen LogP contribution in [0.15, 0.2) is 48.5 Å². The maximum atomic E-state index is 12.9. The number of anilines is 1. The Morgan fingerprint density at radius 1 is 1.11 bits per heavy atom. The smallest absolute Gasteiger partial charge is 0.251 e. The van der Waals surface area contributed by atoms with Crippen LogP contribution in [0.2, 0.25) is 0 Å². The predicted molar refractivity (Wildman–Crippen MR) is 109 cm³/mol. The van der Waals surface area contributed by atoms with Gasteiger partial charge in [0.15, 0.2) is 0 Å². The summed E-state index contributed by atoms with van der Waals surface area (Å²) in [5.74, 6) is 0.377. The third kappa shape index (κ3) is 6.35. The number of hydrogen-bond acceptors (Lipinski definition) is 4. The van der Waals surface area contributed by atoms with Gasteiger partial charge in [-0.05, 0) is 54.8 Å². The average molecular weight is 402 g/mol. The van der Waals surface area contributed by atoms with Crippen molar-refractivity contribution in [3.05, 3.63) is 65.5 Å². The number of ether oxygens (including phenoxy) is 1. The van der Waals surface area contributed by atoms with Crippen molar-refractivity contribution in [3.63, 3.8) is 0 Å². The summed E-state index contributed by atoms with van der Waals surface area (Å²) in [6.45, 7) is 1.31. The van der Waals surface area contributed by atoms with Crippen molar-refractivity contribution in [1.29, 1.82) is 0 Å². The number of rotatable bonds is 8. The Kier molecular flexibility index (Phi) is 7.45. The van der Waals surface area contributed by atoms with Crippen molar-refractivity contribution in [3.8, 4) is 0 Å². The molecular weight excluding hydrogens is 379 g/mol. The topological polar surface area (TPSA) is 67.4 Å². The highest BCUT2D eigenvalue weighted by Crippen LogP contribution is 2.15. The lowest BCUT2D eigenvalue weighted by molar-refractivity contribution is -0.113. The van der Waals surface area contributed by atoms with E-state index >= 15 is 0 Å². The van der Waals surface area contributed by atoms with Crippen LogP contribution in [-0.4, -0.2) is 36.8 Å². The molecule has 2 aromatic rings. The van der Waals surface area contributed by atoms with E-state index in [1.165, 1.54) is 36.0 Å². The summed E-state index contributed by atoms with van der Waals surface area (Å²) in [6, 6.07) is 13.0. The Balaban J connectivity index is 1.38. The molecule has 0 aromatic heterocycles. The number of halogens is 1. The van der Waals surface area contributed by atoms with Crippen molar-refractivity contribution in [2.45, 2.75) is 24.7 Å². The van der Waals surface area contributed by atoms with Crippen LogP contribution < -0.4 is 10.6 Å². The van der Waals surface area contributed by atoms with Gasteiger partial charge in [0, 0.05) is 30.2 Å². The molecule has 148 valence electrons. The first kappa shape index (κ1) is 20.4. The summed E-state index contributed by atoms with van der Waals surface area (Å²) in [7, 11) is 0. The van der Waals surface area contributed by atoms with Crippen molar-refractivity contribution in [2.75, 3.05) is 24.2 Å². The molecule has 7 heteroatoms. The van der Waals surface area contributed by atoms with Crippen LogP contribution in [0.3, 0.4) is 0 Å². The first-order valence-corrected chi connectivity index (χ1v) is 10.4. The number of benzene rings is 2. The second-order valence-electron chi connectivity index (χ2n) is 6.59.